The van der Waals surface area contributed by atoms with Gasteiger partial charge >= 0.3 is 0 Å². The molecule has 0 saturated heterocycles. The summed E-state index contributed by atoms with van der Waals surface area (Å²) in [5.74, 6) is 1.25. The van der Waals surface area contributed by atoms with Gasteiger partial charge in [-0.2, -0.15) is 5.10 Å². The maximum absolute atomic E-state index is 12.8. The molecule has 0 aliphatic rings. The van der Waals surface area contributed by atoms with E-state index in [9.17, 15) is 4.79 Å². The highest BCUT2D eigenvalue weighted by Crippen LogP contribution is 2.26. The fourth-order valence-corrected chi connectivity index (χ4v) is 3.73. The molecule has 0 saturated carbocycles. The third-order valence-corrected chi connectivity index (χ3v) is 5.58. The van der Waals surface area contributed by atoms with E-state index in [2.05, 4.69) is 15.4 Å². The summed E-state index contributed by atoms with van der Waals surface area (Å²) < 4.78 is 18.2. The minimum absolute atomic E-state index is 0.170. The summed E-state index contributed by atoms with van der Waals surface area (Å²) in [6, 6.07) is 15.5. The molecular weight excluding hydrogens is 444 g/mol. The molecule has 0 aliphatic carbocycles. The average Bonchev–Trinajstić information content (AvgIpc) is 3.28. The van der Waals surface area contributed by atoms with Crippen molar-refractivity contribution in [3.8, 4) is 11.5 Å². The molecule has 35 heavy (non-hydrogen) atoms. The average molecular weight is 475 g/mol. The first kappa shape index (κ1) is 24.2. The van der Waals surface area contributed by atoms with Gasteiger partial charge in [-0.1, -0.05) is 24.3 Å². The highest BCUT2D eigenvalue weighted by atomic mass is 16.5. The lowest BCUT2D eigenvalue weighted by Gasteiger charge is -2.11. The smallest absolute Gasteiger partial charge is 0.253 e. The number of pyridine rings is 1. The summed E-state index contributed by atoms with van der Waals surface area (Å²) in [5, 5.41) is 8.22. The summed E-state index contributed by atoms with van der Waals surface area (Å²) in [5.41, 5.74) is 4.21. The number of aromatic nitrogens is 3. The van der Waals surface area contributed by atoms with Crippen LogP contribution in [-0.2, 0) is 24.4 Å². The largest absolute Gasteiger partial charge is 0.497 e. The van der Waals surface area contributed by atoms with Crippen molar-refractivity contribution in [2.45, 2.75) is 39.6 Å². The van der Waals surface area contributed by atoms with Crippen LogP contribution in [0.5, 0.6) is 11.5 Å². The first-order valence-electron chi connectivity index (χ1n) is 11.5. The Hall–Kier alpha value is -3.91. The van der Waals surface area contributed by atoms with Crippen molar-refractivity contribution in [3.63, 3.8) is 0 Å². The summed E-state index contributed by atoms with van der Waals surface area (Å²) in [6.07, 6.45) is 3.46. The van der Waals surface area contributed by atoms with E-state index in [1.54, 1.807) is 37.4 Å². The maximum atomic E-state index is 12.8. The Morgan fingerprint density at radius 3 is 2.63 bits per heavy atom. The Bertz CT molecular complexity index is 1320. The Balaban J connectivity index is 1.43. The first-order chi connectivity index (χ1) is 17.0. The van der Waals surface area contributed by atoms with Gasteiger partial charge in [0.05, 0.1) is 45.2 Å². The Morgan fingerprint density at radius 1 is 1.03 bits per heavy atom. The molecule has 8 nitrogen and oxygen atoms in total. The lowest BCUT2D eigenvalue weighted by molar-refractivity contribution is 0.0657. The number of carbonyl (C=O) groups excluding carboxylic acids is 1. The third-order valence-electron chi connectivity index (χ3n) is 5.58. The van der Waals surface area contributed by atoms with E-state index in [0.29, 0.717) is 36.7 Å². The van der Waals surface area contributed by atoms with E-state index in [-0.39, 0.29) is 12.0 Å². The topological polar surface area (TPSA) is 87.5 Å². The molecule has 8 heteroatoms. The normalized spacial score (nSPS) is 11.1. The zero-order chi connectivity index (χ0) is 24.8. The number of nitrogens with zero attached hydrogens (tertiary/aromatic N) is 3. The van der Waals surface area contributed by atoms with Crippen LogP contribution in [-0.4, -0.2) is 41.0 Å². The SMILES string of the molecule is COc1ccc(Cn2ncc3cc(C(=O)NCc4cccc(COC(C)C)c4)cnc32)c(OC)c1. The molecule has 182 valence electrons. The van der Waals surface area contributed by atoms with Gasteiger partial charge in [-0.25, -0.2) is 9.67 Å². The Kier molecular flexibility index (Phi) is 7.62. The zero-order valence-electron chi connectivity index (χ0n) is 20.4. The third kappa shape index (κ3) is 5.96. The van der Waals surface area contributed by atoms with Crippen molar-refractivity contribution in [1.82, 2.24) is 20.1 Å². The molecule has 2 aromatic heterocycles. The van der Waals surface area contributed by atoms with Crippen LogP contribution in [0.1, 0.15) is 40.9 Å². The van der Waals surface area contributed by atoms with Crippen LogP contribution in [0.3, 0.4) is 0 Å². The fraction of sp³-hybridized carbons (Fsp3) is 0.296. The number of benzene rings is 2. The van der Waals surface area contributed by atoms with Gasteiger partial charge in [0, 0.05) is 29.8 Å². The highest BCUT2D eigenvalue weighted by molar-refractivity contribution is 5.96. The molecule has 2 heterocycles. The summed E-state index contributed by atoms with van der Waals surface area (Å²) >= 11 is 0. The lowest BCUT2D eigenvalue weighted by Crippen LogP contribution is -2.23. The second kappa shape index (κ2) is 11.0. The maximum Gasteiger partial charge on any atom is 0.253 e. The number of ether oxygens (including phenoxy) is 3. The molecule has 2 aromatic carbocycles. The van der Waals surface area contributed by atoms with Gasteiger partial charge in [-0.3, -0.25) is 4.79 Å². The number of hydrogen-bond acceptors (Lipinski definition) is 6. The van der Waals surface area contributed by atoms with Gasteiger partial charge in [0.25, 0.3) is 5.91 Å². The van der Waals surface area contributed by atoms with E-state index in [1.165, 1.54) is 0 Å². The van der Waals surface area contributed by atoms with Gasteiger partial charge in [0.15, 0.2) is 5.65 Å². The van der Waals surface area contributed by atoms with E-state index in [4.69, 9.17) is 14.2 Å². The van der Waals surface area contributed by atoms with Gasteiger partial charge < -0.3 is 19.5 Å². The molecule has 4 aromatic rings. The molecule has 1 amide bonds. The van der Waals surface area contributed by atoms with E-state index in [0.717, 1.165) is 27.8 Å². The Morgan fingerprint density at radius 2 is 1.86 bits per heavy atom. The van der Waals surface area contributed by atoms with Crippen LogP contribution in [0, 0.1) is 0 Å². The summed E-state index contributed by atoms with van der Waals surface area (Å²) in [7, 11) is 3.24. The first-order valence-corrected chi connectivity index (χ1v) is 11.5. The molecular formula is C27H30N4O4. The number of rotatable bonds is 10. The van der Waals surface area contributed by atoms with Crippen molar-refractivity contribution in [3.05, 3.63) is 83.2 Å². The van der Waals surface area contributed by atoms with Crippen molar-refractivity contribution < 1.29 is 19.0 Å². The van der Waals surface area contributed by atoms with Crippen molar-refractivity contribution >= 4 is 16.9 Å². The van der Waals surface area contributed by atoms with Crippen LogP contribution < -0.4 is 14.8 Å². The van der Waals surface area contributed by atoms with E-state index < -0.39 is 0 Å². The van der Waals surface area contributed by atoms with Crippen molar-refractivity contribution in [2.75, 3.05) is 14.2 Å². The van der Waals surface area contributed by atoms with Crippen LogP contribution in [0.25, 0.3) is 11.0 Å². The van der Waals surface area contributed by atoms with Gasteiger partial charge in [-0.05, 0) is 43.2 Å². The minimum Gasteiger partial charge on any atom is -0.497 e. The number of hydrogen-bond donors (Lipinski definition) is 1. The number of methoxy groups -OCH3 is 2. The minimum atomic E-state index is -0.187. The molecule has 4 rings (SSSR count). The number of carbonyl (C=O) groups is 1. The lowest BCUT2D eigenvalue weighted by atomic mass is 10.1. The number of amides is 1. The molecule has 0 atom stereocenters. The molecule has 0 unspecified atom stereocenters. The van der Waals surface area contributed by atoms with Crippen molar-refractivity contribution in [1.29, 1.82) is 0 Å². The number of nitrogens with one attached hydrogen (secondary N) is 1. The fourth-order valence-electron chi connectivity index (χ4n) is 3.73. The predicted molar refractivity (Wildman–Crippen MR) is 134 cm³/mol. The highest BCUT2D eigenvalue weighted by Gasteiger charge is 2.13. The quantitative estimate of drug-likeness (QED) is 0.368. The predicted octanol–water partition coefficient (Wildman–Crippen LogP) is 4.35. The van der Waals surface area contributed by atoms with Gasteiger partial charge in [-0.15, -0.1) is 0 Å². The summed E-state index contributed by atoms with van der Waals surface area (Å²) in [4.78, 5) is 17.3. The van der Waals surface area contributed by atoms with Crippen LogP contribution in [0.2, 0.25) is 0 Å². The summed E-state index contributed by atoms with van der Waals surface area (Å²) in [6.45, 7) is 5.46. The molecule has 0 fully saturated rings. The Labute approximate surface area is 204 Å². The monoisotopic (exact) mass is 474 g/mol. The molecule has 0 aliphatic heterocycles. The van der Waals surface area contributed by atoms with Crippen LogP contribution in [0.15, 0.2) is 60.9 Å². The second-order valence-electron chi connectivity index (χ2n) is 8.48. The zero-order valence-corrected chi connectivity index (χ0v) is 20.4. The van der Waals surface area contributed by atoms with Crippen LogP contribution in [0.4, 0.5) is 0 Å². The van der Waals surface area contributed by atoms with Gasteiger partial charge in [0.2, 0.25) is 0 Å². The van der Waals surface area contributed by atoms with Crippen LogP contribution >= 0.6 is 0 Å². The molecule has 0 radical (unpaired) electrons. The molecule has 0 spiro atoms. The standard InChI is InChI=1S/C27H30N4O4/c1-18(2)35-17-20-7-5-6-19(10-20)13-29-27(32)23-11-22-15-30-31(26(22)28-14-23)16-21-8-9-24(33-3)12-25(21)34-4/h5-12,14-15,18H,13,16-17H2,1-4H3,(H,29,32). The molecule has 0 bridgehead atoms. The van der Waals surface area contributed by atoms with Gasteiger partial charge in [0.1, 0.15) is 11.5 Å². The van der Waals surface area contributed by atoms with Crippen molar-refractivity contribution in [2.24, 2.45) is 0 Å². The second-order valence-corrected chi connectivity index (χ2v) is 8.48. The van der Waals surface area contributed by atoms with E-state index >= 15 is 0 Å². The van der Waals surface area contributed by atoms with E-state index in [1.807, 2.05) is 56.3 Å². The number of fused-ring (bicyclic) bond motifs is 1. The molecule has 1 N–H and O–H groups in total.